The SMILES string of the molecule is O=C(CCN1CCCC1CO)c1cccc(F)c1. The number of Topliss-reactive ketones (excluding diaryl/α,β-unsaturated/α-hetero) is 1. The van der Waals surface area contributed by atoms with E-state index in [2.05, 4.69) is 4.90 Å². The molecular formula is C14H18FNO2. The number of carbonyl (C=O) groups is 1. The van der Waals surface area contributed by atoms with Crippen LogP contribution in [0.1, 0.15) is 29.6 Å². The molecule has 2 rings (SSSR count). The van der Waals surface area contributed by atoms with Gasteiger partial charge in [0, 0.05) is 24.6 Å². The van der Waals surface area contributed by atoms with Crippen molar-refractivity contribution in [1.29, 1.82) is 0 Å². The predicted octanol–water partition coefficient (Wildman–Crippen LogP) is 1.86. The Morgan fingerprint density at radius 2 is 2.33 bits per heavy atom. The molecule has 18 heavy (non-hydrogen) atoms. The summed E-state index contributed by atoms with van der Waals surface area (Å²) in [5.41, 5.74) is 0.426. The molecule has 1 atom stereocenters. The fraction of sp³-hybridized carbons (Fsp3) is 0.500. The number of hydrogen-bond donors (Lipinski definition) is 1. The van der Waals surface area contributed by atoms with Gasteiger partial charge in [-0.05, 0) is 31.5 Å². The Hall–Kier alpha value is -1.26. The van der Waals surface area contributed by atoms with Crippen LogP contribution in [0.25, 0.3) is 0 Å². The Morgan fingerprint density at radius 3 is 3.06 bits per heavy atom. The molecule has 4 heteroatoms. The van der Waals surface area contributed by atoms with Crippen LogP contribution < -0.4 is 0 Å². The van der Waals surface area contributed by atoms with Crippen LogP contribution in [-0.2, 0) is 0 Å². The van der Waals surface area contributed by atoms with Gasteiger partial charge in [0.25, 0.3) is 0 Å². The zero-order chi connectivity index (χ0) is 13.0. The average molecular weight is 251 g/mol. The Balaban J connectivity index is 1.88. The lowest BCUT2D eigenvalue weighted by Gasteiger charge is -2.21. The minimum absolute atomic E-state index is 0.0434. The molecule has 1 aromatic carbocycles. The number of halogens is 1. The van der Waals surface area contributed by atoms with Crippen LogP contribution in [0.2, 0.25) is 0 Å². The number of nitrogens with zero attached hydrogens (tertiary/aromatic N) is 1. The second-order valence-electron chi connectivity index (χ2n) is 4.70. The van der Waals surface area contributed by atoms with Gasteiger partial charge in [-0.2, -0.15) is 0 Å². The zero-order valence-corrected chi connectivity index (χ0v) is 10.3. The molecule has 0 spiro atoms. The van der Waals surface area contributed by atoms with E-state index in [9.17, 15) is 14.3 Å². The van der Waals surface area contributed by atoms with Gasteiger partial charge in [-0.3, -0.25) is 9.69 Å². The first-order chi connectivity index (χ1) is 8.70. The number of likely N-dealkylation sites (tertiary alicyclic amines) is 1. The number of ketones is 1. The van der Waals surface area contributed by atoms with Crippen molar-refractivity contribution >= 4 is 5.78 Å². The summed E-state index contributed by atoms with van der Waals surface area (Å²) in [7, 11) is 0. The average Bonchev–Trinajstić information content (AvgIpc) is 2.83. The van der Waals surface area contributed by atoms with Gasteiger partial charge in [-0.1, -0.05) is 12.1 Å². The van der Waals surface area contributed by atoms with E-state index in [0.29, 0.717) is 18.5 Å². The third-order valence-electron chi connectivity index (χ3n) is 3.48. The predicted molar refractivity (Wildman–Crippen MR) is 67.0 cm³/mol. The van der Waals surface area contributed by atoms with Crippen LogP contribution in [0.3, 0.4) is 0 Å². The van der Waals surface area contributed by atoms with Crippen LogP contribution in [0.15, 0.2) is 24.3 Å². The minimum atomic E-state index is -0.379. The summed E-state index contributed by atoms with van der Waals surface area (Å²) in [6.07, 6.45) is 2.43. The third kappa shape index (κ3) is 3.15. The van der Waals surface area contributed by atoms with Gasteiger partial charge >= 0.3 is 0 Å². The van der Waals surface area contributed by atoms with Crippen LogP contribution >= 0.6 is 0 Å². The van der Waals surface area contributed by atoms with Crippen molar-refractivity contribution in [2.24, 2.45) is 0 Å². The summed E-state index contributed by atoms with van der Waals surface area (Å²) in [5.74, 6) is -0.423. The highest BCUT2D eigenvalue weighted by Gasteiger charge is 2.23. The Labute approximate surface area is 106 Å². The molecule has 0 amide bonds. The summed E-state index contributed by atoms with van der Waals surface area (Å²) in [4.78, 5) is 14.0. The highest BCUT2D eigenvalue weighted by atomic mass is 19.1. The van der Waals surface area contributed by atoms with Crippen molar-refractivity contribution in [2.75, 3.05) is 19.7 Å². The van der Waals surface area contributed by atoms with Gasteiger partial charge in [-0.25, -0.2) is 4.39 Å². The van der Waals surface area contributed by atoms with Crippen LogP contribution in [-0.4, -0.2) is 41.5 Å². The van der Waals surface area contributed by atoms with Crippen LogP contribution in [0.4, 0.5) is 4.39 Å². The smallest absolute Gasteiger partial charge is 0.164 e. The van der Waals surface area contributed by atoms with E-state index in [-0.39, 0.29) is 24.2 Å². The summed E-state index contributed by atoms with van der Waals surface area (Å²) < 4.78 is 13.0. The second-order valence-corrected chi connectivity index (χ2v) is 4.70. The Bertz CT molecular complexity index is 422. The van der Waals surface area contributed by atoms with E-state index in [1.54, 1.807) is 12.1 Å². The Kier molecular flexibility index (Phi) is 4.44. The fourth-order valence-corrected chi connectivity index (χ4v) is 2.45. The number of aliphatic hydroxyl groups is 1. The first kappa shape index (κ1) is 13.2. The van der Waals surface area contributed by atoms with Gasteiger partial charge < -0.3 is 5.11 Å². The highest BCUT2D eigenvalue weighted by molar-refractivity contribution is 5.96. The van der Waals surface area contributed by atoms with Crippen molar-refractivity contribution in [3.63, 3.8) is 0 Å². The van der Waals surface area contributed by atoms with Gasteiger partial charge in [0.1, 0.15) is 5.82 Å². The highest BCUT2D eigenvalue weighted by Crippen LogP contribution is 2.17. The number of carbonyl (C=O) groups excluding carboxylic acids is 1. The summed E-state index contributed by atoms with van der Waals surface area (Å²) >= 11 is 0. The standard InChI is InChI=1S/C14H18FNO2/c15-12-4-1-3-11(9-12)14(18)6-8-16-7-2-5-13(16)10-17/h1,3-4,9,13,17H,2,5-8,10H2. The first-order valence-electron chi connectivity index (χ1n) is 6.34. The van der Waals surface area contributed by atoms with Gasteiger partial charge in [-0.15, -0.1) is 0 Å². The van der Waals surface area contributed by atoms with Gasteiger partial charge in [0.15, 0.2) is 5.78 Å². The number of rotatable bonds is 5. The third-order valence-corrected chi connectivity index (χ3v) is 3.48. The molecular weight excluding hydrogens is 233 g/mol. The molecule has 1 heterocycles. The zero-order valence-electron chi connectivity index (χ0n) is 10.3. The molecule has 0 bridgehead atoms. The lowest BCUT2D eigenvalue weighted by Crippen LogP contribution is -2.33. The maximum Gasteiger partial charge on any atom is 0.164 e. The van der Waals surface area contributed by atoms with Gasteiger partial charge in [0.2, 0.25) is 0 Å². The topological polar surface area (TPSA) is 40.5 Å². The van der Waals surface area contributed by atoms with Crippen LogP contribution in [0.5, 0.6) is 0 Å². The van der Waals surface area contributed by atoms with Crippen molar-refractivity contribution < 1.29 is 14.3 Å². The maximum atomic E-state index is 13.0. The molecule has 1 aliphatic heterocycles. The molecule has 98 valence electrons. The summed E-state index contributed by atoms with van der Waals surface area (Å²) in [6, 6.07) is 5.98. The van der Waals surface area contributed by atoms with E-state index in [0.717, 1.165) is 19.4 Å². The first-order valence-corrected chi connectivity index (χ1v) is 6.34. The molecule has 0 aliphatic carbocycles. The molecule has 1 fully saturated rings. The number of benzene rings is 1. The molecule has 1 unspecified atom stereocenters. The molecule has 0 aromatic heterocycles. The Morgan fingerprint density at radius 1 is 1.50 bits per heavy atom. The maximum absolute atomic E-state index is 13.0. The largest absolute Gasteiger partial charge is 0.395 e. The van der Waals surface area contributed by atoms with Gasteiger partial charge in [0.05, 0.1) is 6.61 Å². The number of hydrogen-bond acceptors (Lipinski definition) is 3. The molecule has 3 nitrogen and oxygen atoms in total. The summed E-state index contributed by atoms with van der Waals surface area (Å²) in [5, 5.41) is 9.18. The van der Waals surface area contributed by atoms with Crippen LogP contribution in [0, 0.1) is 5.82 Å². The van der Waals surface area contributed by atoms with Crippen molar-refractivity contribution in [2.45, 2.75) is 25.3 Å². The van der Waals surface area contributed by atoms with Crippen molar-refractivity contribution in [3.8, 4) is 0 Å². The molecule has 1 aromatic rings. The van der Waals surface area contributed by atoms with E-state index < -0.39 is 0 Å². The lowest BCUT2D eigenvalue weighted by atomic mass is 10.1. The van der Waals surface area contributed by atoms with E-state index in [4.69, 9.17) is 0 Å². The van der Waals surface area contributed by atoms with E-state index in [1.165, 1.54) is 12.1 Å². The molecule has 0 radical (unpaired) electrons. The normalized spacial score (nSPS) is 20.2. The lowest BCUT2D eigenvalue weighted by molar-refractivity contribution is 0.0945. The summed E-state index contributed by atoms with van der Waals surface area (Å²) in [6.45, 7) is 1.72. The molecule has 1 aliphatic rings. The molecule has 1 saturated heterocycles. The molecule has 0 saturated carbocycles. The monoisotopic (exact) mass is 251 g/mol. The van der Waals surface area contributed by atoms with E-state index in [1.807, 2.05) is 0 Å². The number of aliphatic hydroxyl groups excluding tert-OH is 1. The van der Waals surface area contributed by atoms with Crippen molar-refractivity contribution in [3.05, 3.63) is 35.6 Å². The molecule has 1 N–H and O–H groups in total. The van der Waals surface area contributed by atoms with Crippen molar-refractivity contribution in [1.82, 2.24) is 4.90 Å². The minimum Gasteiger partial charge on any atom is -0.395 e. The second kappa shape index (κ2) is 6.07. The quantitative estimate of drug-likeness (QED) is 0.812. The van der Waals surface area contributed by atoms with E-state index >= 15 is 0 Å². The fourth-order valence-electron chi connectivity index (χ4n) is 2.45.